The lowest BCUT2D eigenvalue weighted by molar-refractivity contribution is -0.105. The Labute approximate surface area is 111 Å². The zero-order valence-corrected chi connectivity index (χ0v) is 10.9. The number of carbonyl (C=O) groups is 1. The summed E-state index contributed by atoms with van der Waals surface area (Å²) < 4.78 is 0. The van der Waals surface area contributed by atoms with Crippen LogP contribution in [0.4, 0.5) is 0 Å². The van der Waals surface area contributed by atoms with E-state index in [0.717, 1.165) is 19.1 Å². The van der Waals surface area contributed by atoms with E-state index in [4.69, 9.17) is 17.3 Å². The van der Waals surface area contributed by atoms with Crippen molar-refractivity contribution in [2.24, 2.45) is 10.7 Å². The second kappa shape index (κ2) is 5.40. The first-order valence-corrected chi connectivity index (χ1v) is 6.36. The van der Waals surface area contributed by atoms with Gasteiger partial charge in [-0.15, -0.1) is 0 Å². The fraction of sp³-hybridized carbons (Fsp3) is 0.385. The minimum atomic E-state index is 0.188. The average Bonchev–Trinajstić information content (AvgIpc) is 2.94. The number of halogens is 1. The van der Waals surface area contributed by atoms with E-state index in [0.29, 0.717) is 23.1 Å². The molecule has 0 amide bonds. The van der Waals surface area contributed by atoms with Gasteiger partial charge in [0.1, 0.15) is 11.0 Å². The van der Waals surface area contributed by atoms with Gasteiger partial charge in [-0.1, -0.05) is 31.0 Å². The van der Waals surface area contributed by atoms with Crippen LogP contribution in [0, 0.1) is 0 Å². The van der Waals surface area contributed by atoms with Crippen LogP contribution in [0.2, 0.25) is 0 Å². The summed E-state index contributed by atoms with van der Waals surface area (Å²) in [5.74, 6) is 0.631. The second-order valence-electron chi connectivity index (χ2n) is 4.43. The largest absolute Gasteiger partial charge is 0.404 e. The van der Waals surface area contributed by atoms with Crippen molar-refractivity contribution < 1.29 is 4.79 Å². The summed E-state index contributed by atoms with van der Waals surface area (Å²) in [4.78, 5) is 17.3. The van der Waals surface area contributed by atoms with Gasteiger partial charge in [0.2, 0.25) is 0 Å². The molecule has 0 atom stereocenters. The van der Waals surface area contributed by atoms with E-state index in [-0.39, 0.29) is 5.16 Å². The van der Waals surface area contributed by atoms with E-state index in [1.165, 1.54) is 19.0 Å². The quantitative estimate of drug-likeness (QED) is 0.629. The van der Waals surface area contributed by atoms with Gasteiger partial charge in [0.15, 0.2) is 6.29 Å². The lowest BCUT2D eigenvalue weighted by Gasteiger charge is -2.27. The summed E-state index contributed by atoms with van der Waals surface area (Å²) in [5, 5.41) is 0.188. The molecule has 1 fully saturated rings. The third-order valence-electron chi connectivity index (χ3n) is 3.29. The minimum absolute atomic E-state index is 0.188. The van der Waals surface area contributed by atoms with Gasteiger partial charge in [-0.2, -0.15) is 0 Å². The highest BCUT2D eigenvalue weighted by Crippen LogP contribution is 2.32. The Morgan fingerprint density at radius 2 is 2.22 bits per heavy atom. The van der Waals surface area contributed by atoms with Gasteiger partial charge < -0.3 is 10.6 Å². The molecule has 0 aromatic rings. The predicted octanol–water partition coefficient (Wildman–Crippen LogP) is 2.28. The zero-order chi connectivity index (χ0) is 13.1. The van der Waals surface area contributed by atoms with Gasteiger partial charge in [0, 0.05) is 17.8 Å². The van der Waals surface area contributed by atoms with Crippen LogP contribution in [-0.2, 0) is 4.79 Å². The monoisotopic (exact) mass is 265 g/mol. The number of amidine groups is 1. The van der Waals surface area contributed by atoms with Gasteiger partial charge >= 0.3 is 0 Å². The average molecular weight is 266 g/mol. The van der Waals surface area contributed by atoms with Crippen LogP contribution in [-0.4, -0.2) is 23.1 Å². The lowest BCUT2D eigenvalue weighted by atomic mass is 10.2. The second-order valence-corrected chi connectivity index (χ2v) is 4.87. The minimum Gasteiger partial charge on any atom is -0.404 e. The van der Waals surface area contributed by atoms with Crippen molar-refractivity contribution >= 4 is 23.7 Å². The highest BCUT2D eigenvalue weighted by molar-refractivity contribution is 6.30. The number of aliphatic imine (C=N–C) groups is 1. The molecule has 1 saturated carbocycles. The van der Waals surface area contributed by atoms with Crippen LogP contribution in [0.25, 0.3) is 0 Å². The van der Waals surface area contributed by atoms with E-state index in [2.05, 4.69) is 11.6 Å². The summed E-state index contributed by atoms with van der Waals surface area (Å²) in [6.45, 7) is 3.57. The van der Waals surface area contributed by atoms with E-state index in [1.54, 1.807) is 6.08 Å². The molecule has 2 aliphatic rings. The Hall–Kier alpha value is -1.55. The first kappa shape index (κ1) is 12.9. The molecule has 1 aliphatic heterocycles. The zero-order valence-electron chi connectivity index (χ0n) is 10.1. The molecule has 0 bridgehead atoms. The predicted molar refractivity (Wildman–Crippen MR) is 72.9 cm³/mol. The van der Waals surface area contributed by atoms with Gasteiger partial charge in [-0.05, 0) is 18.9 Å². The van der Waals surface area contributed by atoms with E-state index >= 15 is 0 Å². The first-order valence-electron chi connectivity index (χ1n) is 5.99. The van der Waals surface area contributed by atoms with E-state index in [9.17, 15) is 4.79 Å². The van der Waals surface area contributed by atoms with Crippen molar-refractivity contribution in [1.29, 1.82) is 0 Å². The van der Waals surface area contributed by atoms with E-state index < -0.39 is 0 Å². The Morgan fingerprint density at radius 1 is 1.56 bits per heavy atom. The highest BCUT2D eigenvalue weighted by atomic mass is 35.5. The number of aldehydes is 1. The smallest absolute Gasteiger partial charge is 0.166 e. The maximum Gasteiger partial charge on any atom is 0.166 e. The topological polar surface area (TPSA) is 58.7 Å². The third-order valence-corrected chi connectivity index (χ3v) is 3.37. The molecule has 96 valence electrons. The van der Waals surface area contributed by atoms with Gasteiger partial charge in [0.05, 0.1) is 5.70 Å². The van der Waals surface area contributed by atoms with Crippen molar-refractivity contribution in [2.45, 2.75) is 31.7 Å². The third kappa shape index (κ3) is 2.34. The number of allylic oxidation sites excluding steroid dienone is 1. The standard InChI is InChI=1S/C13H16ClN3O/c1-9(14)16-13-10(7-15)6-12(8-18)17(13)11-4-2-3-5-11/h6-8,11H,1-5,15H2/b10-7-,16-13+. The molecule has 0 aromatic heterocycles. The van der Waals surface area contributed by atoms with Crippen molar-refractivity contribution in [3.63, 3.8) is 0 Å². The molecule has 4 nitrogen and oxygen atoms in total. The molecule has 2 N–H and O–H groups in total. The molecule has 0 spiro atoms. The van der Waals surface area contributed by atoms with Crippen LogP contribution in [0.3, 0.4) is 0 Å². The molecule has 18 heavy (non-hydrogen) atoms. The number of hydrogen-bond acceptors (Lipinski definition) is 3. The van der Waals surface area contributed by atoms with Crippen LogP contribution in [0.5, 0.6) is 0 Å². The molecule has 1 heterocycles. The molecule has 0 aromatic carbocycles. The molecule has 0 saturated heterocycles. The Balaban J connectivity index is 2.40. The number of carbonyl (C=O) groups excluding carboxylic acids is 1. The summed E-state index contributed by atoms with van der Waals surface area (Å²) in [6, 6.07) is 0.300. The van der Waals surface area contributed by atoms with Crippen LogP contribution in [0.15, 0.2) is 40.3 Å². The molecule has 0 unspecified atom stereocenters. The van der Waals surface area contributed by atoms with Crippen molar-refractivity contribution in [3.05, 3.63) is 35.3 Å². The fourth-order valence-corrected chi connectivity index (χ4v) is 2.63. The summed E-state index contributed by atoms with van der Waals surface area (Å²) in [5.41, 5.74) is 6.88. The van der Waals surface area contributed by atoms with Crippen molar-refractivity contribution in [1.82, 2.24) is 4.90 Å². The maximum atomic E-state index is 11.2. The highest BCUT2D eigenvalue weighted by Gasteiger charge is 2.33. The number of nitrogens with zero attached hydrogens (tertiary/aromatic N) is 2. The van der Waals surface area contributed by atoms with Crippen LogP contribution >= 0.6 is 11.6 Å². The Morgan fingerprint density at radius 3 is 2.72 bits per heavy atom. The summed E-state index contributed by atoms with van der Waals surface area (Å²) in [7, 11) is 0. The van der Waals surface area contributed by atoms with Crippen molar-refractivity contribution in [2.75, 3.05) is 0 Å². The SMILES string of the molecule is C=C(Cl)/N=C1\C(=C/N)C=C(C=O)N1C1CCCC1. The fourth-order valence-electron chi connectivity index (χ4n) is 2.55. The van der Waals surface area contributed by atoms with E-state index in [1.807, 2.05) is 4.90 Å². The summed E-state index contributed by atoms with van der Waals surface area (Å²) in [6.07, 6.45) is 8.46. The molecular formula is C13H16ClN3O. The summed E-state index contributed by atoms with van der Waals surface area (Å²) >= 11 is 5.75. The van der Waals surface area contributed by atoms with Gasteiger partial charge in [0.25, 0.3) is 0 Å². The molecular weight excluding hydrogens is 250 g/mol. The Kier molecular flexibility index (Phi) is 3.87. The molecule has 2 rings (SSSR count). The number of nitrogens with two attached hydrogens (primary N) is 1. The molecule has 0 radical (unpaired) electrons. The Bertz CT molecular complexity index is 459. The first-order chi connectivity index (χ1) is 8.67. The maximum absolute atomic E-state index is 11.2. The van der Waals surface area contributed by atoms with Gasteiger partial charge in [-0.25, -0.2) is 4.99 Å². The number of rotatable bonds is 3. The lowest BCUT2D eigenvalue weighted by Crippen LogP contribution is -2.35. The number of hydrogen-bond donors (Lipinski definition) is 1. The molecule has 5 heteroatoms. The van der Waals surface area contributed by atoms with Crippen molar-refractivity contribution in [3.8, 4) is 0 Å². The van der Waals surface area contributed by atoms with Crippen LogP contribution < -0.4 is 5.73 Å². The van der Waals surface area contributed by atoms with Crippen LogP contribution in [0.1, 0.15) is 25.7 Å². The normalized spacial score (nSPS) is 24.9. The molecule has 1 aliphatic carbocycles. The van der Waals surface area contributed by atoms with Gasteiger partial charge in [-0.3, -0.25) is 4.79 Å².